The van der Waals surface area contributed by atoms with Crippen molar-refractivity contribution in [3.05, 3.63) is 42.7 Å². The van der Waals surface area contributed by atoms with Crippen molar-refractivity contribution in [1.82, 2.24) is 4.72 Å². The molecule has 4 nitrogen and oxygen atoms in total. The third-order valence-corrected chi connectivity index (χ3v) is 4.36. The Balaban J connectivity index is 2.54. The van der Waals surface area contributed by atoms with Gasteiger partial charge in [-0.25, -0.2) is 13.1 Å². The van der Waals surface area contributed by atoms with Gasteiger partial charge in [0.25, 0.3) is 0 Å². The van der Waals surface area contributed by atoms with Crippen LogP contribution in [0.5, 0.6) is 0 Å². The number of alkyl halides is 1. The molecular formula is C12H16BrNO3S. The van der Waals surface area contributed by atoms with Gasteiger partial charge >= 0.3 is 0 Å². The molecule has 0 spiro atoms. The zero-order chi connectivity index (χ0) is 13.4. The SMILES string of the molecule is C=COCCCNS(=O)(=O)c1ccc(CBr)cc1. The third kappa shape index (κ3) is 4.80. The van der Waals surface area contributed by atoms with Crippen LogP contribution in [0, 0.1) is 0 Å². The average molecular weight is 334 g/mol. The third-order valence-electron chi connectivity index (χ3n) is 2.24. The molecule has 0 fully saturated rings. The lowest BCUT2D eigenvalue weighted by atomic mass is 10.2. The van der Waals surface area contributed by atoms with Gasteiger partial charge in [-0.05, 0) is 24.1 Å². The van der Waals surface area contributed by atoms with E-state index in [-0.39, 0.29) is 4.90 Å². The zero-order valence-corrected chi connectivity index (χ0v) is 12.3. The van der Waals surface area contributed by atoms with E-state index < -0.39 is 10.0 Å². The quantitative estimate of drug-likeness (QED) is 0.451. The maximum atomic E-state index is 11.9. The Morgan fingerprint density at radius 1 is 1.33 bits per heavy atom. The Bertz CT molecular complexity index is 471. The molecule has 18 heavy (non-hydrogen) atoms. The lowest BCUT2D eigenvalue weighted by molar-refractivity contribution is 0.247. The molecule has 1 rings (SSSR count). The number of rotatable bonds is 8. The fraction of sp³-hybridized carbons (Fsp3) is 0.333. The predicted molar refractivity (Wildman–Crippen MR) is 75.0 cm³/mol. The number of benzene rings is 1. The second kappa shape index (κ2) is 7.56. The molecule has 0 aliphatic rings. The predicted octanol–water partition coefficient (Wildman–Crippen LogP) is 2.41. The summed E-state index contributed by atoms with van der Waals surface area (Å²) in [5.74, 6) is 0. The Hall–Kier alpha value is -0.850. The molecular weight excluding hydrogens is 318 g/mol. The molecule has 6 heteroatoms. The number of halogens is 1. The van der Waals surface area contributed by atoms with Gasteiger partial charge in [0.2, 0.25) is 10.0 Å². The van der Waals surface area contributed by atoms with Crippen molar-refractivity contribution in [1.29, 1.82) is 0 Å². The summed E-state index contributed by atoms with van der Waals surface area (Å²) < 4.78 is 31.2. The number of ether oxygens (including phenoxy) is 1. The highest BCUT2D eigenvalue weighted by Crippen LogP contribution is 2.12. The summed E-state index contributed by atoms with van der Waals surface area (Å²) in [5, 5.41) is 0.708. The number of sulfonamides is 1. The lowest BCUT2D eigenvalue weighted by Crippen LogP contribution is -2.25. The summed E-state index contributed by atoms with van der Waals surface area (Å²) in [6.45, 7) is 4.20. The first kappa shape index (κ1) is 15.2. The Kier molecular flexibility index (Phi) is 6.38. The highest BCUT2D eigenvalue weighted by atomic mass is 79.9. The molecule has 0 aliphatic heterocycles. The van der Waals surface area contributed by atoms with Crippen LogP contribution in [0.2, 0.25) is 0 Å². The highest BCUT2D eigenvalue weighted by molar-refractivity contribution is 9.08. The summed E-state index contributed by atoms with van der Waals surface area (Å²) in [5.41, 5.74) is 1.04. The van der Waals surface area contributed by atoms with Crippen molar-refractivity contribution in [3.63, 3.8) is 0 Å². The van der Waals surface area contributed by atoms with Gasteiger partial charge in [-0.2, -0.15) is 0 Å². The molecule has 100 valence electrons. The number of hydrogen-bond donors (Lipinski definition) is 1. The molecule has 0 saturated heterocycles. The van der Waals surface area contributed by atoms with Gasteiger partial charge in [-0.3, -0.25) is 0 Å². The van der Waals surface area contributed by atoms with E-state index in [4.69, 9.17) is 4.74 Å². The molecule has 0 heterocycles. The number of hydrogen-bond acceptors (Lipinski definition) is 3. The molecule has 1 aromatic rings. The summed E-state index contributed by atoms with van der Waals surface area (Å²) in [6.07, 6.45) is 1.94. The molecule has 1 aromatic carbocycles. The van der Waals surface area contributed by atoms with Gasteiger partial charge in [0.1, 0.15) is 0 Å². The standard InChI is InChI=1S/C12H16BrNO3S/c1-2-17-9-3-8-14-18(15,16)12-6-4-11(10-13)5-7-12/h2,4-7,14H,1,3,8-10H2. The van der Waals surface area contributed by atoms with Crippen LogP contribution in [-0.4, -0.2) is 21.6 Å². The van der Waals surface area contributed by atoms with E-state index in [0.29, 0.717) is 24.9 Å². The van der Waals surface area contributed by atoms with E-state index in [1.807, 2.05) is 0 Å². The van der Waals surface area contributed by atoms with Crippen LogP contribution in [0.3, 0.4) is 0 Å². The van der Waals surface area contributed by atoms with Gasteiger partial charge < -0.3 is 4.74 Å². The van der Waals surface area contributed by atoms with Crippen LogP contribution in [-0.2, 0) is 20.1 Å². The second-order valence-corrected chi connectivity index (χ2v) is 5.89. The summed E-state index contributed by atoms with van der Waals surface area (Å²) >= 11 is 3.31. The van der Waals surface area contributed by atoms with Gasteiger partial charge in [0, 0.05) is 11.9 Å². The van der Waals surface area contributed by atoms with Gasteiger partial charge in [0.05, 0.1) is 17.8 Å². The van der Waals surface area contributed by atoms with E-state index in [1.54, 1.807) is 24.3 Å². The second-order valence-electron chi connectivity index (χ2n) is 3.57. The van der Waals surface area contributed by atoms with Gasteiger partial charge in [0.15, 0.2) is 0 Å². The van der Waals surface area contributed by atoms with E-state index in [9.17, 15) is 8.42 Å². The van der Waals surface area contributed by atoms with Crippen LogP contribution < -0.4 is 4.72 Å². The van der Waals surface area contributed by atoms with Crippen molar-refractivity contribution < 1.29 is 13.2 Å². The van der Waals surface area contributed by atoms with Crippen molar-refractivity contribution >= 4 is 26.0 Å². The maximum Gasteiger partial charge on any atom is 0.240 e. The Morgan fingerprint density at radius 3 is 2.56 bits per heavy atom. The van der Waals surface area contributed by atoms with E-state index in [1.165, 1.54) is 6.26 Å². The topological polar surface area (TPSA) is 55.4 Å². The van der Waals surface area contributed by atoms with Crippen molar-refractivity contribution in [2.24, 2.45) is 0 Å². The molecule has 0 bridgehead atoms. The van der Waals surface area contributed by atoms with Gasteiger partial charge in [-0.15, -0.1) is 0 Å². The maximum absolute atomic E-state index is 11.9. The molecule has 0 radical (unpaired) electrons. The van der Waals surface area contributed by atoms with Crippen LogP contribution in [0.1, 0.15) is 12.0 Å². The summed E-state index contributed by atoms with van der Waals surface area (Å²) in [7, 11) is -3.42. The first-order valence-electron chi connectivity index (χ1n) is 5.47. The average Bonchev–Trinajstić information content (AvgIpc) is 2.38. The lowest BCUT2D eigenvalue weighted by Gasteiger charge is -2.07. The molecule has 0 atom stereocenters. The monoisotopic (exact) mass is 333 g/mol. The molecule has 0 amide bonds. The summed E-state index contributed by atoms with van der Waals surface area (Å²) in [4.78, 5) is 0.275. The smallest absolute Gasteiger partial charge is 0.240 e. The summed E-state index contributed by atoms with van der Waals surface area (Å²) in [6, 6.07) is 6.76. The van der Waals surface area contributed by atoms with E-state index in [0.717, 1.165) is 5.56 Å². The Morgan fingerprint density at radius 2 is 2.00 bits per heavy atom. The van der Waals surface area contributed by atoms with Crippen molar-refractivity contribution in [2.45, 2.75) is 16.6 Å². The Labute approximate surface area is 116 Å². The number of nitrogens with one attached hydrogen (secondary N) is 1. The molecule has 1 N–H and O–H groups in total. The normalized spacial score (nSPS) is 11.2. The van der Waals surface area contributed by atoms with E-state index >= 15 is 0 Å². The minimum absolute atomic E-state index is 0.275. The highest BCUT2D eigenvalue weighted by Gasteiger charge is 2.12. The molecule has 0 saturated carbocycles. The fourth-order valence-corrected chi connectivity index (χ4v) is 2.73. The van der Waals surface area contributed by atoms with E-state index in [2.05, 4.69) is 27.2 Å². The first-order chi connectivity index (χ1) is 8.60. The largest absolute Gasteiger partial charge is 0.502 e. The molecule has 0 aromatic heterocycles. The fourth-order valence-electron chi connectivity index (χ4n) is 1.29. The molecule has 0 unspecified atom stereocenters. The van der Waals surface area contributed by atoms with Crippen LogP contribution in [0.15, 0.2) is 42.0 Å². The van der Waals surface area contributed by atoms with Gasteiger partial charge in [-0.1, -0.05) is 34.6 Å². The van der Waals surface area contributed by atoms with Crippen LogP contribution in [0.25, 0.3) is 0 Å². The molecule has 0 aliphatic carbocycles. The van der Waals surface area contributed by atoms with Crippen molar-refractivity contribution in [2.75, 3.05) is 13.2 Å². The zero-order valence-electron chi connectivity index (χ0n) is 9.93. The van der Waals surface area contributed by atoms with Crippen LogP contribution in [0.4, 0.5) is 0 Å². The first-order valence-corrected chi connectivity index (χ1v) is 8.07. The van der Waals surface area contributed by atoms with Crippen molar-refractivity contribution in [3.8, 4) is 0 Å². The minimum atomic E-state index is -3.42. The minimum Gasteiger partial charge on any atom is -0.502 e. The van der Waals surface area contributed by atoms with Crippen LogP contribution >= 0.6 is 15.9 Å².